The largest absolute Gasteiger partial charge is 0.337 e. The van der Waals surface area contributed by atoms with E-state index in [1.165, 1.54) is 0 Å². The summed E-state index contributed by atoms with van der Waals surface area (Å²) in [6.07, 6.45) is 3.76. The van der Waals surface area contributed by atoms with Crippen molar-refractivity contribution in [1.82, 2.24) is 4.57 Å². The van der Waals surface area contributed by atoms with E-state index in [-0.39, 0.29) is 12.5 Å². The normalized spacial score (nSPS) is 11.3. The Balaban J connectivity index is 1.65. The number of nitriles is 1. The first-order valence-corrected chi connectivity index (χ1v) is 10.2. The maximum atomic E-state index is 12.6. The van der Waals surface area contributed by atoms with E-state index >= 15 is 0 Å². The summed E-state index contributed by atoms with van der Waals surface area (Å²) >= 11 is 5.97. The summed E-state index contributed by atoms with van der Waals surface area (Å²) in [7, 11) is 0. The van der Waals surface area contributed by atoms with Gasteiger partial charge in [0.05, 0.1) is 11.6 Å². The van der Waals surface area contributed by atoms with Gasteiger partial charge < -0.3 is 9.88 Å². The highest BCUT2D eigenvalue weighted by atomic mass is 35.5. The molecule has 0 aliphatic carbocycles. The number of rotatable bonds is 5. The predicted octanol–water partition coefficient (Wildman–Crippen LogP) is 6.31. The number of hydrogen-bond acceptors (Lipinski definition) is 2. The first kappa shape index (κ1) is 20.5. The van der Waals surface area contributed by atoms with Gasteiger partial charge >= 0.3 is 0 Å². The van der Waals surface area contributed by atoms with Crippen LogP contribution in [0.5, 0.6) is 0 Å². The van der Waals surface area contributed by atoms with Crippen LogP contribution in [0.2, 0.25) is 5.02 Å². The van der Waals surface area contributed by atoms with Crippen molar-refractivity contribution in [3.63, 3.8) is 0 Å². The van der Waals surface area contributed by atoms with Crippen molar-refractivity contribution >= 4 is 45.7 Å². The second-order valence-corrected chi connectivity index (χ2v) is 7.76. The number of fused-ring (bicyclic) bond motifs is 1. The van der Waals surface area contributed by atoms with Gasteiger partial charge in [-0.1, -0.05) is 59.6 Å². The van der Waals surface area contributed by atoms with Crippen LogP contribution in [0.15, 0.2) is 79.0 Å². The number of carbonyl (C=O) groups is 1. The van der Waals surface area contributed by atoms with E-state index in [0.717, 1.165) is 33.3 Å². The number of nitrogens with one attached hydrogen (secondary N) is 1. The number of amides is 1. The van der Waals surface area contributed by atoms with E-state index in [1.807, 2.05) is 84.4 Å². The standard InChI is InChI=1S/C26H20ClN3O/c1-18-6-12-23(13-7-18)29-26(31)17-30-16-21(24-4-2-3-5-25(24)30)14-20(15-28)19-8-10-22(27)11-9-19/h2-14,16H,17H2,1H3,(H,29,31)/b20-14-. The molecular weight excluding hydrogens is 406 g/mol. The molecule has 0 bridgehead atoms. The third kappa shape index (κ3) is 4.69. The van der Waals surface area contributed by atoms with Crippen LogP contribution in [0.3, 0.4) is 0 Å². The molecule has 4 rings (SSSR count). The third-order valence-corrected chi connectivity index (χ3v) is 5.30. The molecule has 0 radical (unpaired) electrons. The van der Waals surface area contributed by atoms with E-state index in [2.05, 4.69) is 11.4 Å². The summed E-state index contributed by atoms with van der Waals surface area (Å²) in [5.41, 5.74) is 5.04. The number of anilines is 1. The van der Waals surface area contributed by atoms with Gasteiger partial charge in [0.2, 0.25) is 5.91 Å². The zero-order valence-electron chi connectivity index (χ0n) is 17.0. The van der Waals surface area contributed by atoms with Crippen LogP contribution in [-0.4, -0.2) is 10.5 Å². The molecule has 152 valence electrons. The van der Waals surface area contributed by atoms with E-state index in [4.69, 9.17) is 11.6 Å². The number of hydrogen-bond donors (Lipinski definition) is 1. The molecule has 3 aromatic carbocycles. The number of halogens is 1. The second-order valence-electron chi connectivity index (χ2n) is 7.32. The molecule has 0 unspecified atom stereocenters. The Morgan fingerprint density at radius 2 is 1.77 bits per heavy atom. The van der Waals surface area contributed by atoms with E-state index in [0.29, 0.717) is 10.6 Å². The van der Waals surface area contributed by atoms with E-state index in [9.17, 15) is 10.1 Å². The summed E-state index contributed by atoms with van der Waals surface area (Å²) < 4.78 is 1.90. The van der Waals surface area contributed by atoms with E-state index < -0.39 is 0 Å². The van der Waals surface area contributed by atoms with E-state index in [1.54, 1.807) is 12.1 Å². The Morgan fingerprint density at radius 1 is 1.06 bits per heavy atom. The molecule has 1 amide bonds. The minimum Gasteiger partial charge on any atom is -0.337 e. The zero-order chi connectivity index (χ0) is 21.8. The summed E-state index contributed by atoms with van der Waals surface area (Å²) in [6.45, 7) is 2.18. The molecule has 0 atom stereocenters. The highest BCUT2D eigenvalue weighted by Crippen LogP contribution is 2.27. The van der Waals surface area contributed by atoms with Crippen LogP contribution in [0.4, 0.5) is 5.69 Å². The van der Waals surface area contributed by atoms with Gasteiger partial charge in [0.15, 0.2) is 0 Å². The van der Waals surface area contributed by atoms with Gasteiger partial charge in [0, 0.05) is 33.4 Å². The minimum absolute atomic E-state index is 0.113. The van der Waals surface area contributed by atoms with Crippen molar-refractivity contribution in [2.45, 2.75) is 13.5 Å². The summed E-state index contributed by atoms with van der Waals surface area (Å²) in [4.78, 5) is 12.6. The summed E-state index contributed by atoms with van der Waals surface area (Å²) in [5, 5.41) is 14.2. The van der Waals surface area contributed by atoms with Gasteiger partial charge in [-0.2, -0.15) is 5.26 Å². The third-order valence-electron chi connectivity index (χ3n) is 5.04. The number of aromatic nitrogens is 1. The molecular formula is C26H20ClN3O. The highest BCUT2D eigenvalue weighted by Gasteiger charge is 2.11. The fraction of sp³-hybridized carbons (Fsp3) is 0.0769. The molecule has 5 heteroatoms. The quantitative estimate of drug-likeness (QED) is 0.381. The van der Waals surface area contributed by atoms with Gasteiger partial charge in [-0.25, -0.2) is 0 Å². The van der Waals surface area contributed by atoms with Gasteiger partial charge in [-0.05, 0) is 48.9 Å². The van der Waals surface area contributed by atoms with Crippen LogP contribution in [0, 0.1) is 18.3 Å². The first-order valence-electron chi connectivity index (χ1n) is 9.85. The van der Waals surface area contributed by atoms with Gasteiger partial charge in [-0.3, -0.25) is 4.79 Å². The topological polar surface area (TPSA) is 57.8 Å². The van der Waals surface area contributed by atoms with Crippen LogP contribution in [0.1, 0.15) is 16.7 Å². The van der Waals surface area contributed by atoms with Crippen molar-refractivity contribution in [3.8, 4) is 6.07 Å². The van der Waals surface area contributed by atoms with Crippen molar-refractivity contribution in [2.24, 2.45) is 0 Å². The Labute approximate surface area is 186 Å². The molecule has 0 spiro atoms. The Hall–Kier alpha value is -3.81. The fourth-order valence-corrected chi connectivity index (χ4v) is 3.60. The summed E-state index contributed by atoms with van der Waals surface area (Å²) in [5.74, 6) is -0.113. The smallest absolute Gasteiger partial charge is 0.244 e. The molecule has 1 heterocycles. The molecule has 0 saturated carbocycles. The average molecular weight is 426 g/mol. The molecule has 0 aliphatic rings. The molecule has 0 fully saturated rings. The lowest BCUT2D eigenvalue weighted by atomic mass is 10.0. The average Bonchev–Trinajstić information content (AvgIpc) is 3.11. The molecule has 31 heavy (non-hydrogen) atoms. The van der Waals surface area contributed by atoms with Crippen molar-refractivity contribution in [1.29, 1.82) is 5.26 Å². The monoisotopic (exact) mass is 425 g/mol. The Morgan fingerprint density at radius 3 is 2.48 bits per heavy atom. The summed E-state index contributed by atoms with van der Waals surface area (Å²) in [6, 6.07) is 25.0. The first-order chi connectivity index (χ1) is 15.0. The predicted molar refractivity (Wildman–Crippen MR) is 127 cm³/mol. The van der Waals surface area contributed by atoms with Gasteiger partial charge in [0.25, 0.3) is 0 Å². The molecule has 4 aromatic rings. The van der Waals surface area contributed by atoms with Crippen molar-refractivity contribution in [2.75, 3.05) is 5.32 Å². The molecule has 0 saturated heterocycles. The fourth-order valence-electron chi connectivity index (χ4n) is 3.48. The number of aryl methyl sites for hydroxylation is 1. The van der Waals surface area contributed by atoms with Crippen molar-refractivity contribution in [3.05, 3.63) is 101 Å². The number of carbonyl (C=O) groups excluding carboxylic acids is 1. The number of para-hydroxylation sites is 1. The molecule has 4 nitrogen and oxygen atoms in total. The molecule has 0 aliphatic heterocycles. The van der Waals surface area contributed by atoms with Gasteiger partial charge in [0.1, 0.15) is 6.54 Å². The Bertz CT molecular complexity index is 1310. The highest BCUT2D eigenvalue weighted by molar-refractivity contribution is 6.30. The van der Waals surface area contributed by atoms with Crippen LogP contribution < -0.4 is 5.32 Å². The maximum absolute atomic E-state index is 12.6. The minimum atomic E-state index is -0.113. The molecule has 1 aromatic heterocycles. The second kappa shape index (κ2) is 8.91. The lowest BCUT2D eigenvalue weighted by Crippen LogP contribution is -2.18. The van der Waals surface area contributed by atoms with Crippen LogP contribution in [0.25, 0.3) is 22.6 Å². The van der Waals surface area contributed by atoms with Crippen LogP contribution >= 0.6 is 11.6 Å². The lowest BCUT2D eigenvalue weighted by Gasteiger charge is -2.07. The number of benzene rings is 3. The van der Waals surface area contributed by atoms with Gasteiger partial charge in [-0.15, -0.1) is 0 Å². The maximum Gasteiger partial charge on any atom is 0.244 e. The lowest BCUT2D eigenvalue weighted by molar-refractivity contribution is -0.116. The van der Waals surface area contributed by atoms with Crippen molar-refractivity contribution < 1.29 is 4.79 Å². The number of allylic oxidation sites excluding steroid dienone is 1. The Kier molecular flexibility index (Phi) is 5.88. The number of nitrogens with zero attached hydrogens (tertiary/aromatic N) is 2. The SMILES string of the molecule is Cc1ccc(NC(=O)Cn2cc(/C=C(/C#N)c3ccc(Cl)cc3)c3ccccc32)cc1. The van der Waals surface area contributed by atoms with Crippen LogP contribution in [-0.2, 0) is 11.3 Å². The molecule has 1 N–H and O–H groups in total. The zero-order valence-corrected chi connectivity index (χ0v) is 17.7.